The van der Waals surface area contributed by atoms with Gasteiger partial charge in [0.1, 0.15) is 5.75 Å². The standard InChI is InChI=1S/C13H21N3O/c1-2-16-7-3-4-12(10-16)14-8-11-5-6-13(17)9-15-11/h5-6,9,12,14,17H,2-4,7-8,10H2,1H3. The Hall–Kier alpha value is -1.13. The van der Waals surface area contributed by atoms with Gasteiger partial charge in [0.15, 0.2) is 0 Å². The summed E-state index contributed by atoms with van der Waals surface area (Å²) in [5.74, 6) is 0.226. The van der Waals surface area contributed by atoms with Crippen molar-refractivity contribution < 1.29 is 5.11 Å². The minimum absolute atomic E-state index is 0.226. The molecule has 0 aromatic carbocycles. The molecule has 1 fully saturated rings. The van der Waals surface area contributed by atoms with Crippen LogP contribution in [-0.2, 0) is 6.54 Å². The Bertz CT molecular complexity index is 339. The number of aromatic hydroxyl groups is 1. The third kappa shape index (κ3) is 3.68. The summed E-state index contributed by atoms with van der Waals surface area (Å²) < 4.78 is 0. The fourth-order valence-corrected chi connectivity index (χ4v) is 2.28. The molecule has 1 aliphatic heterocycles. The SMILES string of the molecule is CCN1CCCC(NCc2ccc(O)cn2)C1. The molecule has 1 saturated heterocycles. The van der Waals surface area contributed by atoms with Crippen LogP contribution in [0.5, 0.6) is 5.75 Å². The van der Waals surface area contributed by atoms with Gasteiger partial charge in [-0.05, 0) is 38.1 Å². The molecule has 1 unspecified atom stereocenters. The van der Waals surface area contributed by atoms with Crippen LogP contribution in [0.3, 0.4) is 0 Å². The molecule has 17 heavy (non-hydrogen) atoms. The first-order chi connectivity index (χ1) is 8.28. The number of pyridine rings is 1. The average molecular weight is 235 g/mol. The first-order valence-corrected chi connectivity index (χ1v) is 6.37. The third-order valence-electron chi connectivity index (χ3n) is 3.33. The van der Waals surface area contributed by atoms with Crippen LogP contribution in [0, 0.1) is 0 Å². The monoisotopic (exact) mass is 235 g/mol. The van der Waals surface area contributed by atoms with Crippen molar-refractivity contribution in [1.82, 2.24) is 15.2 Å². The summed E-state index contributed by atoms with van der Waals surface area (Å²) in [5, 5.41) is 12.7. The van der Waals surface area contributed by atoms with E-state index in [1.54, 1.807) is 6.07 Å². The van der Waals surface area contributed by atoms with Crippen LogP contribution in [0.15, 0.2) is 18.3 Å². The fourth-order valence-electron chi connectivity index (χ4n) is 2.28. The fraction of sp³-hybridized carbons (Fsp3) is 0.615. The van der Waals surface area contributed by atoms with Crippen molar-refractivity contribution >= 4 is 0 Å². The van der Waals surface area contributed by atoms with E-state index in [-0.39, 0.29) is 5.75 Å². The van der Waals surface area contributed by atoms with Crippen molar-refractivity contribution in [3.8, 4) is 5.75 Å². The summed E-state index contributed by atoms with van der Waals surface area (Å²) >= 11 is 0. The minimum Gasteiger partial charge on any atom is -0.506 e. The largest absolute Gasteiger partial charge is 0.506 e. The molecule has 2 heterocycles. The van der Waals surface area contributed by atoms with Crippen LogP contribution in [0.4, 0.5) is 0 Å². The zero-order valence-corrected chi connectivity index (χ0v) is 10.4. The van der Waals surface area contributed by atoms with Gasteiger partial charge in [0.25, 0.3) is 0 Å². The van der Waals surface area contributed by atoms with Gasteiger partial charge in [-0.3, -0.25) is 4.98 Å². The van der Waals surface area contributed by atoms with Gasteiger partial charge in [0, 0.05) is 19.1 Å². The molecule has 1 atom stereocenters. The second-order valence-corrected chi connectivity index (χ2v) is 4.62. The van der Waals surface area contributed by atoms with E-state index in [1.165, 1.54) is 25.6 Å². The van der Waals surface area contributed by atoms with Crippen molar-refractivity contribution in [2.45, 2.75) is 32.4 Å². The van der Waals surface area contributed by atoms with Gasteiger partial charge in [-0.2, -0.15) is 0 Å². The molecule has 94 valence electrons. The smallest absolute Gasteiger partial charge is 0.133 e. The molecule has 0 saturated carbocycles. The van der Waals surface area contributed by atoms with Gasteiger partial charge in [0.2, 0.25) is 0 Å². The molecule has 0 spiro atoms. The van der Waals surface area contributed by atoms with E-state index in [0.29, 0.717) is 6.04 Å². The number of aromatic nitrogens is 1. The van der Waals surface area contributed by atoms with Crippen molar-refractivity contribution in [3.63, 3.8) is 0 Å². The maximum Gasteiger partial charge on any atom is 0.133 e. The number of rotatable bonds is 4. The summed E-state index contributed by atoms with van der Waals surface area (Å²) in [5.41, 5.74) is 0.983. The second kappa shape index (κ2) is 5.98. The quantitative estimate of drug-likeness (QED) is 0.827. The Morgan fingerprint density at radius 3 is 3.12 bits per heavy atom. The summed E-state index contributed by atoms with van der Waals surface area (Å²) in [6.07, 6.45) is 4.01. The van der Waals surface area contributed by atoms with Crippen molar-refractivity contribution in [2.24, 2.45) is 0 Å². The highest BCUT2D eigenvalue weighted by Gasteiger charge is 2.17. The Morgan fingerprint density at radius 1 is 1.53 bits per heavy atom. The van der Waals surface area contributed by atoms with Crippen LogP contribution in [0.1, 0.15) is 25.5 Å². The molecule has 2 N–H and O–H groups in total. The van der Waals surface area contributed by atoms with Gasteiger partial charge in [0.05, 0.1) is 11.9 Å². The molecule has 0 radical (unpaired) electrons. The van der Waals surface area contributed by atoms with Gasteiger partial charge in [-0.15, -0.1) is 0 Å². The predicted octanol–water partition coefficient (Wildman–Crippen LogP) is 1.36. The molecule has 0 amide bonds. The third-order valence-corrected chi connectivity index (χ3v) is 3.33. The van der Waals surface area contributed by atoms with Crippen molar-refractivity contribution in [3.05, 3.63) is 24.0 Å². The van der Waals surface area contributed by atoms with Crippen molar-refractivity contribution in [2.75, 3.05) is 19.6 Å². The van der Waals surface area contributed by atoms with E-state index in [9.17, 15) is 0 Å². The maximum absolute atomic E-state index is 9.15. The van der Waals surface area contributed by atoms with E-state index in [2.05, 4.69) is 22.1 Å². The van der Waals surface area contributed by atoms with Crippen LogP contribution in [0.25, 0.3) is 0 Å². The first-order valence-electron chi connectivity index (χ1n) is 6.37. The van der Waals surface area contributed by atoms with E-state index in [4.69, 9.17) is 5.11 Å². The zero-order chi connectivity index (χ0) is 12.1. The average Bonchev–Trinajstić information content (AvgIpc) is 2.38. The van der Waals surface area contributed by atoms with Crippen LogP contribution < -0.4 is 5.32 Å². The topological polar surface area (TPSA) is 48.4 Å². The number of likely N-dealkylation sites (N-methyl/N-ethyl adjacent to an activating group) is 1. The number of nitrogens with one attached hydrogen (secondary N) is 1. The van der Waals surface area contributed by atoms with Gasteiger partial charge >= 0.3 is 0 Å². The highest BCUT2D eigenvalue weighted by molar-refractivity contribution is 5.17. The number of piperidine rings is 1. The molecule has 0 bridgehead atoms. The number of hydrogen-bond acceptors (Lipinski definition) is 4. The van der Waals surface area contributed by atoms with Crippen LogP contribution in [-0.4, -0.2) is 40.7 Å². The summed E-state index contributed by atoms with van der Waals surface area (Å²) in [6.45, 7) is 6.49. The highest BCUT2D eigenvalue weighted by atomic mass is 16.3. The van der Waals surface area contributed by atoms with E-state index >= 15 is 0 Å². The lowest BCUT2D eigenvalue weighted by molar-refractivity contribution is 0.198. The number of likely N-dealkylation sites (tertiary alicyclic amines) is 1. The van der Waals surface area contributed by atoms with E-state index in [1.807, 2.05) is 6.07 Å². The van der Waals surface area contributed by atoms with Gasteiger partial charge in [-0.25, -0.2) is 0 Å². The van der Waals surface area contributed by atoms with E-state index in [0.717, 1.165) is 25.3 Å². The second-order valence-electron chi connectivity index (χ2n) is 4.62. The lowest BCUT2D eigenvalue weighted by Crippen LogP contribution is -2.45. The minimum atomic E-state index is 0.226. The molecule has 4 heteroatoms. The van der Waals surface area contributed by atoms with E-state index < -0.39 is 0 Å². The van der Waals surface area contributed by atoms with Gasteiger partial charge < -0.3 is 15.3 Å². The number of nitrogens with zero attached hydrogens (tertiary/aromatic N) is 2. The molecular formula is C13H21N3O. The Morgan fingerprint density at radius 2 is 2.41 bits per heavy atom. The maximum atomic E-state index is 9.15. The van der Waals surface area contributed by atoms with Gasteiger partial charge in [-0.1, -0.05) is 6.92 Å². The molecule has 1 aromatic heterocycles. The molecule has 1 aromatic rings. The Labute approximate surface area is 103 Å². The normalized spacial score (nSPS) is 21.6. The lowest BCUT2D eigenvalue weighted by atomic mass is 10.1. The summed E-state index contributed by atoms with van der Waals surface area (Å²) in [6, 6.07) is 4.12. The summed E-state index contributed by atoms with van der Waals surface area (Å²) in [4.78, 5) is 6.65. The predicted molar refractivity (Wildman–Crippen MR) is 67.9 cm³/mol. The summed E-state index contributed by atoms with van der Waals surface area (Å²) in [7, 11) is 0. The molecule has 0 aliphatic carbocycles. The molecule has 4 nitrogen and oxygen atoms in total. The molecular weight excluding hydrogens is 214 g/mol. The lowest BCUT2D eigenvalue weighted by Gasteiger charge is -2.32. The van der Waals surface area contributed by atoms with Crippen LogP contribution in [0.2, 0.25) is 0 Å². The van der Waals surface area contributed by atoms with Crippen LogP contribution >= 0.6 is 0 Å². The Balaban J connectivity index is 1.79. The molecule has 2 rings (SSSR count). The zero-order valence-electron chi connectivity index (χ0n) is 10.4. The highest BCUT2D eigenvalue weighted by Crippen LogP contribution is 2.11. The Kier molecular flexibility index (Phi) is 4.34. The molecule has 1 aliphatic rings. The first kappa shape index (κ1) is 12.3. The van der Waals surface area contributed by atoms with Crippen molar-refractivity contribution in [1.29, 1.82) is 0 Å². The number of hydrogen-bond donors (Lipinski definition) is 2.